The highest BCUT2D eigenvalue weighted by atomic mass is 35.5. The summed E-state index contributed by atoms with van der Waals surface area (Å²) in [5.41, 5.74) is 0. The lowest BCUT2D eigenvalue weighted by Crippen LogP contribution is -2.15. The van der Waals surface area contributed by atoms with Crippen LogP contribution in [0.3, 0.4) is 0 Å². The summed E-state index contributed by atoms with van der Waals surface area (Å²) in [6.07, 6.45) is 0.978. The summed E-state index contributed by atoms with van der Waals surface area (Å²) in [5.74, 6) is 0.856. The second-order valence-corrected chi connectivity index (χ2v) is 5.51. The highest BCUT2D eigenvalue weighted by Gasteiger charge is 2.00. The smallest absolute Gasteiger partial charge is 0.193 e. The minimum Gasteiger partial charge on any atom is -0.448 e. The molecule has 0 aliphatic heterocycles. The third-order valence-corrected chi connectivity index (χ3v) is 3.60. The van der Waals surface area contributed by atoms with Crippen molar-refractivity contribution in [3.8, 4) is 0 Å². The fourth-order valence-corrected chi connectivity index (χ4v) is 2.61. The average molecular weight is 276 g/mol. The van der Waals surface area contributed by atoms with Crippen LogP contribution in [0.25, 0.3) is 0 Å². The molecule has 2 aromatic heterocycles. The Morgan fingerprint density at radius 3 is 2.69 bits per heavy atom. The summed E-state index contributed by atoms with van der Waals surface area (Å²) in [5, 5.41) is 3.72. The van der Waals surface area contributed by atoms with Gasteiger partial charge in [0.15, 0.2) is 5.22 Å². The van der Waals surface area contributed by atoms with Crippen LogP contribution in [-0.4, -0.2) is 6.54 Å². The molecule has 0 amide bonds. The third-order valence-electron chi connectivity index (χ3n) is 2.11. The topological polar surface area (TPSA) is 25.2 Å². The molecule has 2 heterocycles. The van der Waals surface area contributed by atoms with E-state index >= 15 is 0 Å². The monoisotopic (exact) mass is 275 g/mol. The van der Waals surface area contributed by atoms with Crippen LogP contribution in [0.4, 0.5) is 0 Å². The Hall–Kier alpha value is -0.480. The molecular formula is C11H11Cl2NOS. The van der Waals surface area contributed by atoms with Gasteiger partial charge in [0.05, 0.1) is 10.9 Å². The van der Waals surface area contributed by atoms with Gasteiger partial charge in [-0.05, 0) is 42.3 Å². The Morgan fingerprint density at radius 2 is 2.06 bits per heavy atom. The molecule has 1 N–H and O–H groups in total. The van der Waals surface area contributed by atoms with E-state index in [0.717, 1.165) is 23.1 Å². The van der Waals surface area contributed by atoms with Gasteiger partial charge in [-0.3, -0.25) is 0 Å². The number of halogens is 2. The van der Waals surface area contributed by atoms with Crippen LogP contribution >= 0.6 is 34.5 Å². The lowest BCUT2D eigenvalue weighted by Gasteiger charge is -2.00. The van der Waals surface area contributed by atoms with E-state index < -0.39 is 0 Å². The first kappa shape index (κ1) is 12.0. The van der Waals surface area contributed by atoms with Gasteiger partial charge in [-0.2, -0.15) is 0 Å². The number of nitrogens with one attached hydrogen (secondary N) is 1. The van der Waals surface area contributed by atoms with E-state index in [1.54, 1.807) is 17.4 Å². The third kappa shape index (κ3) is 3.52. The van der Waals surface area contributed by atoms with Gasteiger partial charge >= 0.3 is 0 Å². The maximum atomic E-state index is 5.84. The SMILES string of the molecule is Clc1ccc(CNCCc2ccc(Cl)s2)o1. The van der Waals surface area contributed by atoms with Gasteiger partial charge in [-0.1, -0.05) is 11.6 Å². The number of hydrogen-bond acceptors (Lipinski definition) is 3. The maximum absolute atomic E-state index is 5.84. The maximum Gasteiger partial charge on any atom is 0.193 e. The zero-order valence-electron chi connectivity index (χ0n) is 8.50. The Kier molecular flexibility index (Phi) is 4.29. The number of hydrogen-bond donors (Lipinski definition) is 1. The average Bonchev–Trinajstić information content (AvgIpc) is 2.83. The largest absolute Gasteiger partial charge is 0.448 e. The summed E-state index contributed by atoms with van der Waals surface area (Å²) in [6, 6.07) is 7.60. The molecule has 0 saturated heterocycles. The Balaban J connectivity index is 1.69. The van der Waals surface area contributed by atoms with Gasteiger partial charge in [-0.25, -0.2) is 0 Å². The molecule has 0 aliphatic rings. The molecule has 2 nitrogen and oxygen atoms in total. The molecule has 2 aromatic rings. The van der Waals surface area contributed by atoms with Gasteiger partial charge in [0.25, 0.3) is 0 Å². The minimum atomic E-state index is 0.432. The molecule has 16 heavy (non-hydrogen) atoms. The molecule has 86 valence electrons. The Labute approximate surface area is 108 Å². The molecule has 0 fully saturated rings. The van der Waals surface area contributed by atoms with E-state index in [2.05, 4.69) is 11.4 Å². The molecule has 0 radical (unpaired) electrons. The van der Waals surface area contributed by atoms with Gasteiger partial charge in [0, 0.05) is 11.4 Å². The van der Waals surface area contributed by atoms with Gasteiger partial charge in [0.2, 0.25) is 0 Å². The van der Waals surface area contributed by atoms with Gasteiger partial charge in [0.1, 0.15) is 5.76 Å². The summed E-state index contributed by atoms with van der Waals surface area (Å²) >= 11 is 13.1. The standard InChI is InChI=1S/C11H11Cl2NOS/c12-10-3-1-8(15-10)7-14-6-5-9-2-4-11(13)16-9/h1-4,14H,5-7H2. The van der Waals surface area contributed by atoms with Crippen molar-refractivity contribution in [3.05, 3.63) is 44.5 Å². The summed E-state index contributed by atoms with van der Waals surface area (Å²) in [6.45, 7) is 1.60. The molecule has 0 spiro atoms. The molecule has 5 heteroatoms. The molecular weight excluding hydrogens is 265 g/mol. The van der Waals surface area contributed by atoms with Crippen LogP contribution in [0.2, 0.25) is 9.56 Å². The lowest BCUT2D eigenvalue weighted by atomic mass is 10.3. The number of furan rings is 1. The molecule has 0 unspecified atom stereocenters. The summed E-state index contributed by atoms with van der Waals surface area (Å²) < 4.78 is 6.06. The van der Waals surface area contributed by atoms with E-state index in [1.165, 1.54) is 4.88 Å². The fourth-order valence-electron chi connectivity index (χ4n) is 1.36. The van der Waals surface area contributed by atoms with E-state index in [-0.39, 0.29) is 0 Å². The van der Waals surface area contributed by atoms with Crippen molar-refractivity contribution in [1.82, 2.24) is 5.32 Å². The van der Waals surface area contributed by atoms with Gasteiger partial charge in [-0.15, -0.1) is 11.3 Å². The second-order valence-electron chi connectivity index (χ2n) is 3.34. The summed E-state index contributed by atoms with van der Waals surface area (Å²) in [7, 11) is 0. The van der Waals surface area contributed by atoms with E-state index in [4.69, 9.17) is 27.6 Å². The van der Waals surface area contributed by atoms with E-state index in [1.807, 2.05) is 12.1 Å². The van der Waals surface area contributed by atoms with Crippen molar-refractivity contribution >= 4 is 34.5 Å². The zero-order chi connectivity index (χ0) is 11.4. The van der Waals surface area contributed by atoms with Gasteiger partial charge < -0.3 is 9.73 Å². The van der Waals surface area contributed by atoms with Crippen LogP contribution in [-0.2, 0) is 13.0 Å². The fraction of sp³-hybridized carbons (Fsp3) is 0.273. The first-order valence-corrected chi connectivity index (χ1v) is 6.50. The van der Waals surface area contributed by atoms with Crippen molar-refractivity contribution in [2.45, 2.75) is 13.0 Å². The van der Waals surface area contributed by atoms with Crippen molar-refractivity contribution in [2.24, 2.45) is 0 Å². The molecule has 0 saturated carbocycles. The highest BCUT2D eigenvalue weighted by molar-refractivity contribution is 7.16. The zero-order valence-corrected chi connectivity index (χ0v) is 10.8. The van der Waals surface area contributed by atoms with E-state index in [0.29, 0.717) is 11.8 Å². The van der Waals surface area contributed by atoms with Crippen molar-refractivity contribution in [2.75, 3.05) is 6.54 Å². The molecule has 2 rings (SSSR count). The molecule has 0 aromatic carbocycles. The normalized spacial score (nSPS) is 10.9. The van der Waals surface area contributed by atoms with Crippen LogP contribution in [0, 0.1) is 0 Å². The molecule has 0 atom stereocenters. The molecule has 0 aliphatic carbocycles. The number of thiophene rings is 1. The van der Waals surface area contributed by atoms with Crippen LogP contribution in [0.1, 0.15) is 10.6 Å². The van der Waals surface area contributed by atoms with Crippen LogP contribution in [0.5, 0.6) is 0 Å². The van der Waals surface area contributed by atoms with Crippen LogP contribution in [0.15, 0.2) is 28.7 Å². The first-order chi connectivity index (χ1) is 7.74. The predicted octanol–water partition coefficient (Wildman–Crippen LogP) is 3.98. The van der Waals surface area contributed by atoms with Crippen molar-refractivity contribution in [1.29, 1.82) is 0 Å². The lowest BCUT2D eigenvalue weighted by molar-refractivity contribution is 0.486. The predicted molar refractivity (Wildman–Crippen MR) is 68.5 cm³/mol. The molecule has 0 bridgehead atoms. The van der Waals surface area contributed by atoms with Crippen LogP contribution < -0.4 is 5.32 Å². The first-order valence-electron chi connectivity index (χ1n) is 4.93. The van der Waals surface area contributed by atoms with E-state index in [9.17, 15) is 0 Å². The Morgan fingerprint density at radius 1 is 1.19 bits per heavy atom. The number of rotatable bonds is 5. The summed E-state index contributed by atoms with van der Waals surface area (Å²) in [4.78, 5) is 1.29. The quantitative estimate of drug-likeness (QED) is 0.835. The van der Waals surface area contributed by atoms with Crippen molar-refractivity contribution in [3.63, 3.8) is 0 Å². The minimum absolute atomic E-state index is 0.432. The second kappa shape index (κ2) is 5.73. The van der Waals surface area contributed by atoms with Crippen molar-refractivity contribution < 1.29 is 4.42 Å². The highest BCUT2D eigenvalue weighted by Crippen LogP contribution is 2.21. The Bertz CT molecular complexity index is 410.